The van der Waals surface area contributed by atoms with Crippen LogP contribution in [0.15, 0.2) is 190 Å². The number of ether oxygens (including phenoxy) is 4. The van der Waals surface area contributed by atoms with Crippen molar-refractivity contribution in [2.45, 2.75) is 78.3 Å². The van der Waals surface area contributed by atoms with Crippen molar-refractivity contribution in [3.63, 3.8) is 0 Å². The first-order chi connectivity index (χ1) is 42.3. The minimum absolute atomic E-state index is 0.191. The van der Waals surface area contributed by atoms with E-state index in [1.165, 1.54) is 0 Å². The summed E-state index contributed by atoms with van der Waals surface area (Å²) in [7, 11) is 0. The molecular weight excluding hydrogens is 1080 g/mol. The summed E-state index contributed by atoms with van der Waals surface area (Å²) < 4.78 is 27.0. The lowest BCUT2D eigenvalue weighted by Crippen LogP contribution is -2.12. The third-order valence-corrected chi connectivity index (χ3v) is 15.9. The number of nitrogens with zero attached hydrogens (tertiary/aromatic N) is 6. The van der Waals surface area contributed by atoms with Crippen molar-refractivity contribution >= 4 is 91.3 Å². The number of aromatic nitrogens is 2. The zero-order valence-corrected chi connectivity index (χ0v) is 48.2. The Bertz CT molecular complexity index is 4110. The fourth-order valence-corrected chi connectivity index (χ4v) is 11.8. The van der Waals surface area contributed by atoms with Crippen molar-refractivity contribution in [2.24, 2.45) is 20.4 Å². The summed E-state index contributed by atoms with van der Waals surface area (Å²) in [6.45, 7) is 6.18. The first-order valence-electron chi connectivity index (χ1n) is 29.7. The van der Waals surface area contributed by atoms with Crippen LogP contribution in [0.5, 0.6) is 0 Å². The number of benzene rings is 8. The number of carbonyl (C=O) groups is 4. The molecule has 14 heteroatoms. The van der Waals surface area contributed by atoms with E-state index in [0.717, 1.165) is 125 Å². The van der Waals surface area contributed by atoms with Crippen LogP contribution in [0.3, 0.4) is 0 Å². The van der Waals surface area contributed by atoms with Crippen LogP contribution in [0, 0.1) is 0 Å². The molecule has 430 valence electrons. The standard InChI is InChI=1S/C72H64N6O8/c1-3-5-39-85-71(81)57-27-17-25-55-67(57)51-21-7-9-23-53(51)69(55)75-73-45-47-33-35-63-59(43-47)49-19-11-13-29-61(49)77(63)37-41-83-65(79)31-15-16-32-66(80)84-42-38-78-62-30-14-12-20-50(62)60-44-48(34-36-64(60)78)46-74-76-70-54-24-10-8-22-52(54)68-56(70)26-18-28-58(68)72(82)86-40-6-4-2/h7-14,17-30,33-36,43-46H,3-6,15-16,31-32,37-42H2,1-2H3. The molecule has 0 spiro atoms. The van der Waals surface area contributed by atoms with E-state index in [1.807, 2.05) is 121 Å². The topological polar surface area (TPSA) is 164 Å². The Morgan fingerprint density at radius 3 is 1.23 bits per heavy atom. The van der Waals surface area contributed by atoms with E-state index in [9.17, 15) is 19.2 Å². The maximum atomic E-state index is 13.2. The summed E-state index contributed by atoms with van der Waals surface area (Å²) in [4.78, 5) is 52.4. The molecule has 14 nitrogen and oxygen atoms in total. The lowest BCUT2D eigenvalue weighted by Gasteiger charge is -2.10. The second-order valence-electron chi connectivity index (χ2n) is 21.5. The molecule has 0 radical (unpaired) electrons. The third-order valence-electron chi connectivity index (χ3n) is 15.9. The number of esters is 4. The van der Waals surface area contributed by atoms with Crippen molar-refractivity contribution in [3.8, 4) is 22.3 Å². The lowest BCUT2D eigenvalue weighted by atomic mass is 9.99. The molecule has 0 saturated heterocycles. The molecule has 2 heterocycles. The van der Waals surface area contributed by atoms with Gasteiger partial charge in [-0.05, 0) is 96.5 Å². The molecule has 0 aliphatic heterocycles. The third kappa shape index (κ3) is 11.5. The van der Waals surface area contributed by atoms with Gasteiger partial charge in [-0.3, -0.25) is 9.59 Å². The molecule has 0 N–H and O–H groups in total. The van der Waals surface area contributed by atoms with E-state index in [0.29, 0.717) is 61.7 Å². The van der Waals surface area contributed by atoms with Gasteiger partial charge in [0.15, 0.2) is 0 Å². The van der Waals surface area contributed by atoms with Crippen LogP contribution in [0.25, 0.3) is 65.9 Å². The average molecular weight is 1140 g/mol. The summed E-state index contributed by atoms with van der Waals surface area (Å²) >= 11 is 0. The van der Waals surface area contributed by atoms with Crippen LogP contribution in [0.2, 0.25) is 0 Å². The normalized spacial score (nSPS) is 13.3. The highest BCUT2D eigenvalue weighted by Gasteiger charge is 2.31. The first kappa shape index (κ1) is 56.4. The predicted molar refractivity (Wildman–Crippen MR) is 340 cm³/mol. The summed E-state index contributed by atoms with van der Waals surface area (Å²) in [6.07, 6.45) is 8.35. The second kappa shape index (κ2) is 25.8. The highest BCUT2D eigenvalue weighted by molar-refractivity contribution is 6.28. The molecule has 8 aromatic carbocycles. The van der Waals surface area contributed by atoms with Crippen LogP contribution in [-0.4, -0.2) is 83.3 Å². The fraction of sp³-hybridized carbons (Fsp3) is 0.222. The molecule has 2 aromatic heterocycles. The lowest BCUT2D eigenvalue weighted by molar-refractivity contribution is -0.146. The molecule has 10 aromatic rings. The number of unbranched alkanes of at least 4 members (excludes halogenated alkanes) is 3. The molecule has 0 saturated carbocycles. The molecule has 0 unspecified atom stereocenters. The van der Waals surface area contributed by atoms with E-state index >= 15 is 0 Å². The van der Waals surface area contributed by atoms with Crippen molar-refractivity contribution in [1.29, 1.82) is 0 Å². The van der Waals surface area contributed by atoms with Crippen LogP contribution < -0.4 is 0 Å². The van der Waals surface area contributed by atoms with Gasteiger partial charge in [-0.2, -0.15) is 10.2 Å². The first-order valence-corrected chi connectivity index (χ1v) is 29.7. The predicted octanol–water partition coefficient (Wildman–Crippen LogP) is 14.9. The van der Waals surface area contributed by atoms with Crippen LogP contribution >= 0.6 is 0 Å². The molecule has 12 rings (SSSR count). The minimum Gasteiger partial charge on any atom is -0.464 e. The van der Waals surface area contributed by atoms with E-state index < -0.39 is 0 Å². The molecule has 0 fully saturated rings. The van der Waals surface area contributed by atoms with Gasteiger partial charge in [0, 0.05) is 89.8 Å². The van der Waals surface area contributed by atoms with Gasteiger partial charge in [-0.15, -0.1) is 10.2 Å². The maximum Gasteiger partial charge on any atom is 0.338 e. The maximum absolute atomic E-state index is 13.2. The molecule has 86 heavy (non-hydrogen) atoms. The van der Waals surface area contributed by atoms with Gasteiger partial charge in [-0.25, -0.2) is 9.59 Å². The Labute approximate surface area is 498 Å². The van der Waals surface area contributed by atoms with Gasteiger partial charge in [0.05, 0.1) is 49.9 Å². The van der Waals surface area contributed by atoms with Crippen LogP contribution in [-0.2, 0) is 41.6 Å². The summed E-state index contributed by atoms with van der Waals surface area (Å²) in [5, 5.41) is 22.8. The summed E-state index contributed by atoms with van der Waals surface area (Å²) in [5.41, 5.74) is 15.2. The van der Waals surface area contributed by atoms with Gasteiger partial charge in [-0.1, -0.05) is 148 Å². The monoisotopic (exact) mass is 1140 g/mol. The molecule has 0 amide bonds. The van der Waals surface area contributed by atoms with E-state index in [1.54, 1.807) is 12.4 Å². The SMILES string of the molecule is CCCCOC(=O)c1cccc2c1-c1ccccc1C2=NN=Cc1ccc2c(c1)c1ccccc1n2CCOC(=O)CCCCC(=O)OCCn1c2ccccc2c2cc(C=NN=C3c4ccccc4-c4c(C(=O)OCCCC)cccc43)ccc21. The molecule has 2 aliphatic rings. The van der Waals surface area contributed by atoms with Crippen molar-refractivity contribution in [1.82, 2.24) is 9.13 Å². The number of carbonyl (C=O) groups excluding carboxylic acids is 4. The highest BCUT2D eigenvalue weighted by atomic mass is 16.5. The van der Waals surface area contributed by atoms with Gasteiger partial charge in [0.25, 0.3) is 0 Å². The number of rotatable bonds is 23. The minimum atomic E-state index is -0.342. The zero-order chi connectivity index (χ0) is 58.9. The van der Waals surface area contributed by atoms with E-state index in [4.69, 9.17) is 29.2 Å². The number of para-hydroxylation sites is 2. The molecule has 2 aliphatic carbocycles. The van der Waals surface area contributed by atoms with Crippen LogP contribution in [0.4, 0.5) is 0 Å². The van der Waals surface area contributed by atoms with Crippen molar-refractivity contribution < 1.29 is 38.1 Å². The van der Waals surface area contributed by atoms with Gasteiger partial charge in [0.2, 0.25) is 0 Å². The Balaban J connectivity index is 0.628. The van der Waals surface area contributed by atoms with Gasteiger partial charge >= 0.3 is 23.9 Å². The smallest absolute Gasteiger partial charge is 0.338 e. The highest BCUT2D eigenvalue weighted by Crippen LogP contribution is 2.42. The summed E-state index contributed by atoms with van der Waals surface area (Å²) in [5.74, 6) is -1.31. The Hall–Kier alpha value is -10.1. The second-order valence-corrected chi connectivity index (χ2v) is 21.5. The Morgan fingerprint density at radius 2 is 0.791 bits per heavy atom. The number of fused-ring (bicyclic) bond motifs is 12. The van der Waals surface area contributed by atoms with Crippen LogP contribution in [0.1, 0.15) is 119 Å². The largest absolute Gasteiger partial charge is 0.464 e. The van der Waals surface area contributed by atoms with Gasteiger partial charge in [0.1, 0.15) is 24.6 Å². The average Bonchev–Trinajstić information content (AvgIpc) is 2.06. The number of hydrogen-bond acceptors (Lipinski definition) is 12. The van der Waals surface area contributed by atoms with Gasteiger partial charge < -0.3 is 28.1 Å². The quantitative estimate of drug-likeness (QED) is 0.0201. The van der Waals surface area contributed by atoms with Crippen molar-refractivity contribution in [3.05, 3.63) is 214 Å². The summed E-state index contributed by atoms with van der Waals surface area (Å²) in [6, 6.07) is 55.7. The molecule has 0 atom stereocenters. The Morgan fingerprint density at radius 1 is 0.395 bits per heavy atom. The Kier molecular flexibility index (Phi) is 16.9. The van der Waals surface area contributed by atoms with E-state index in [-0.39, 0.29) is 49.9 Å². The molecular formula is C72H64N6O8. The zero-order valence-electron chi connectivity index (χ0n) is 48.2. The van der Waals surface area contributed by atoms with E-state index in [2.05, 4.69) is 81.7 Å². The number of hydrogen-bond donors (Lipinski definition) is 0. The fourth-order valence-electron chi connectivity index (χ4n) is 11.8. The molecule has 0 bridgehead atoms. The van der Waals surface area contributed by atoms with Crippen molar-refractivity contribution in [2.75, 3.05) is 26.4 Å².